The lowest BCUT2D eigenvalue weighted by molar-refractivity contribution is 0.124. The molecule has 0 aliphatic heterocycles. The first-order valence-electron chi connectivity index (χ1n) is 8.08. The van der Waals surface area contributed by atoms with Crippen molar-refractivity contribution in [2.45, 2.75) is 77.9 Å². The van der Waals surface area contributed by atoms with Crippen LogP contribution < -0.4 is 5.73 Å². The number of nitrogens with two attached hydrogens (primary N) is 1. The molecule has 0 saturated heterocycles. The number of aliphatic hydroxyl groups is 1. The Morgan fingerprint density at radius 2 is 1.85 bits per heavy atom. The quantitative estimate of drug-likeness (QED) is 0.759. The molecule has 0 aromatic heterocycles. The minimum Gasteiger partial charge on any atom is -0.391 e. The van der Waals surface area contributed by atoms with Crippen molar-refractivity contribution in [1.29, 1.82) is 0 Å². The van der Waals surface area contributed by atoms with E-state index in [1.807, 2.05) is 0 Å². The van der Waals surface area contributed by atoms with Gasteiger partial charge in [0.1, 0.15) is 0 Å². The van der Waals surface area contributed by atoms with E-state index in [1.54, 1.807) is 0 Å². The molecule has 0 fully saturated rings. The van der Waals surface area contributed by atoms with E-state index in [0.29, 0.717) is 5.92 Å². The highest BCUT2D eigenvalue weighted by Crippen LogP contribution is 2.27. The van der Waals surface area contributed by atoms with Crippen LogP contribution in [0.1, 0.15) is 69.6 Å². The summed E-state index contributed by atoms with van der Waals surface area (Å²) in [4.78, 5) is 0. The predicted molar refractivity (Wildman–Crippen MR) is 87.1 cm³/mol. The highest BCUT2D eigenvalue weighted by atomic mass is 16.3. The smallest absolute Gasteiger partial charge is 0.0696 e. The van der Waals surface area contributed by atoms with E-state index >= 15 is 0 Å². The van der Waals surface area contributed by atoms with Crippen LogP contribution in [0.15, 0.2) is 18.2 Å². The molecule has 3 unspecified atom stereocenters. The Labute approximate surface area is 124 Å². The maximum atomic E-state index is 10.2. The summed E-state index contributed by atoms with van der Waals surface area (Å²) in [6, 6.07) is 6.67. The van der Waals surface area contributed by atoms with Crippen LogP contribution in [0.4, 0.5) is 0 Å². The largest absolute Gasteiger partial charge is 0.391 e. The van der Waals surface area contributed by atoms with Crippen LogP contribution in [0.5, 0.6) is 0 Å². The molecule has 0 saturated carbocycles. The second-order valence-corrected chi connectivity index (χ2v) is 5.90. The summed E-state index contributed by atoms with van der Waals surface area (Å²) < 4.78 is 0. The topological polar surface area (TPSA) is 46.2 Å². The lowest BCUT2D eigenvalue weighted by Crippen LogP contribution is -2.35. The SMILES string of the molecule is CCCC(N)C(O)CC(C)c1cc(CC)ccc1CC. The van der Waals surface area contributed by atoms with Gasteiger partial charge in [0.05, 0.1) is 6.10 Å². The van der Waals surface area contributed by atoms with Gasteiger partial charge in [0.2, 0.25) is 0 Å². The molecule has 1 aromatic rings. The molecule has 1 rings (SSSR count). The molecule has 3 N–H and O–H groups in total. The van der Waals surface area contributed by atoms with Crippen molar-refractivity contribution in [3.8, 4) is 0 Å². The van der Waals surface area contributed by atoms with Gasteiger partial charge in [-0.05, 0) is 48.3 Å². The number of rotatable bonds is 8. The fraction of sp³-hybridized carbons (Fsp3) is 0.667. The number of aryl methyl sites for hydroxylation is 2. The zero-order valence-corrected chi connectivity index (χ0v) is 13.5. The fourth-order valence-corrected chi connectivity index (χ4v) is 2.83. The first kappa shape index (κ1) is 17.2. The Morgan fingerprint density at radius 1 is 1.15 bits per heavy atom. The number of hydrogen-bond acceptors (Lipinski definition) is 2. The summed E-state index contributed by atoms with van der Waals surface area (Å²) in [7, 11) is 0. The van der Waals surface area contributed by atoms with Crippen molar-refractivity contribution in [3.63, 3.8) is 0 Å². The molecule has 0 heterocycles. The molecular formula is C18H31NO. The zero-order chi connectivity index (χ0) is 15.1. The highest BCUT2D eigenvalue weighted by molar-refractivity contribution is 5.34. The van der Waals surface area contributed by atoms with E-state index in [4.69, 9.17) is 5.73 Å². The Kier molecular flexibility index (Phi) is 7.25. The molecule has 0 bridgehead atoms. The monoisotopic (exact) mass is 277 g/mol. The average Bonchev–Trinajstić information content (AvgIpc) is 2.46. The van der Waals surface area contributed by atoms with Crippen LogP contribution in [0, 0.1) is 0 Å². The standard InChI is InChI=1S/C18H31NO/c1-5-8-17(19)18(20)11-13(4)16-12-14(6-2)9-10-15(16)7-3/h9-10,12-13,17-18,20H,5-8,11,19H2,1-4H3. The second-order valence-electron chi connectivity index (χ2n) is 5.90. The van der Waals surface area contributed by atoms with Crippen LogP contribution in [0.25, 0.3) is 0 Å². The third kappa shape index (κ3) is 4.60. The average molecular weight is 277 g/mol. The molecule has 0 spiro atoms. The molecule has 0 amide bonds. The van der Waals surface area contributed by atoms with Gasteiger partial charge in [-0.15, -0.1) is 0 Å². The van der Waals surface area contributed by atoms with Crippen molar-refractivity contribution in [1.82, 2.24) is 0 Å². The van der Waals surface area contributed by atoms with Gasteiger partial charge in [-0.25, -0.2) is 0 Å². The van der Waals surface area contributed by atoms with E-state index in [1.165, 1.54) is 16.7 Å². The van der Waals surface area contributed by atoms with Crippen molar-refractivity contribution in [3.05, 3.63) is 34.9 Å². The molecule has 0 radical (unpaired) electrons. The van der Waals surface area contributed by atoms with Gasteiger partial charge in [-0.3, -0.25) is 0 Å². The Balaban J connectivity index is 2.82. The number of aliphatic hydroxyl groups excluding tert-OH is 1. The first-order chi connectivity index (χ1) is 9.53. The molecule has 1 aromatic carbocycles. The van der Waals surface area contributed by atoms with Crippen LogP contribution >= 0.6 is 0 Å². The molecule has 0 aliphatic carbocycles. The summed E-state index contributed by atoms with van der Waals surface area (Å²) >= 11 is 0. The van der Waals surface area contributed by atoms with Crippen LogP contribution in [0.3, 0.4) is 0 Å². The summed E-state index contributed by atoms with van der Waals surface area (Å²) in [5.74, 6) is 0.356. The van der Waals surface area contributed by atoms with Crippen molar-refractivity contribution in [2.75, 3.05) is 0 Å². The van der Waals surface area contributed by atoms with Crippen molar-refractivity contribution in [2.24, 2.45) is 5.73 Å². The summed E-state index contributed by atoms with van der Waals surface area (Å²) in [6.07, 6.45) is 4.37. The van der Waals surface area contributed by atoms with Crippen molar-refractivity contribution < 1.29 is 5.11 Å². The third-order valence-electron chi connectivity index (χ3n) is 4.24. The normalized spacial score (nSPS) is 15.9. The molecule has 2 heteroatoms. The highest BCUT2D eigenvalue weighted by Gasteiger charge is 2.19. The zero-order valence-electron chi connectivity index (χ0n) is 13.5. The van der Waals surface area contributed by atoms with E-state index < -0.39 is 6.10 Å². The van der Waals surface area contributed by atoms with Crippen LogP contribution in [-0.4, -0.2) is 17.3 Å². The van der Waals surface area contributed by atoms with Gasteiger partial charge in [0, 0.05) is 6.04 Å². The first-order valence-corrected chi connectivity index (χ1v) is 8.08. The summed E-state index contributed by atoms with van der Waals surface area (Å²) in [6.45, 7) is 8.68. The third-order valence-corrected chi connectivity index (χ3v) is 4.24. The van der Waals surface area contributed by atoms with Gasteiger partial charge in [0.15, 0.2) is 0 Å². The predicted octanol–water partition coefficient (Wildman–Crippen LogP) is 3.79. The minimum atomic E-state index is -0.403. The maximum absolute atomic E-state index is 10.2. The Hall–Kier alpha value is -0.860. The van der Waals surface area contributed by atoms with E-state index in [-0.39, 0.29) is 6.04 Å². The van der Waals surface area contributed by atoms with Gasteiger partial charge in [-0.1, -0.05) is 52.3 Å². The molecule has 20 heavy (non-hydrogen) atoms. The van der Waals surface area contributed by atoms with E-state index in [2.05, 4.69) is 45.9 Å². The molecule has 0 aliphatic rings. The summed E-state index contributed by atoms with van der Waals surface area (Å²) in [5.41, 5.74) is 10.2. The lowest BCUT2D eigenvalue weighted by atomic mass is 9.86. The number of hydrogen-bond donors (Lipinski definition) is 2. The molecule has 2 nitrogen and oxygen atoms in total. The molecule has 114 valence electrons. The summed E-state index contributed by atoms with van der Waals surface area (Å²) in [5, 5.41) is 10.2. The Morgan fingerprint density at radius 3 is 2.40 bits per heavy atom. The van der Waals surface area contributed by atoms with Gasteiger partial charge >= 0.3 is 0 Å². The minimum absolute atomic E-state index is 0.0955. The molecule has 3 atom stereocenters. The van der Waals surface area contributed by atoms with Gasteiger partial charge in [0.25, 0.3) is 0 Å². The van der Waals surface area contributed by atoms with E-state index in [9.17, 15) is 5.11 Å². The fourth-order valence-electron chi connectivity index (χ4n) is 2.83. The van der Waals surface area contributed by atoms with Crippen LogP contribution in [-0.2, 0) is 12.8 Å². The van der Waals surface area contributed by atoms with E-state index in [0.717, 1.165) is 32.1 Å². The maximum Gasteiger partial charge on any atom is 0.0696 e. The Bertz CT molecular complexity index is 402. The lowest BCUT2D eigenvalue weighted by Gasteiger charge is -2.24. The second kappa shape index (κ2) is 8.43. The van der Waals surface area contributed by atoms with Crippen LogP contribution in [0.2, 0.25) is 0 Å². The van der Waals surface area contributed by atoms with Crippen molar-refractivity contribution >= 4 is 0 Å². The van der Waals surface area contributed by atoms with Gasteiger partial charge < -0.3 is 10.8 Å². The molecular weight excluding hydrogens is 246 g/mol. The van der Waals surface area contributed by atoms with Gasteiger partial charge in [-0.2, -0.15) is 0 Å². The number of benzene rings is 1.